The minimum atomic E-state index is -0.342. The van der Waals surface area contributed by atoms with E-state index >= 15 is 0 Å². The van der Waals surface area contributed by atoms with Gasteiger partial charge in [-0.25, -0.2) is 4.79 Å². The van der Waals surface area contributed by atoms with Gasteiger partial charge in [-0.1, -0.05) is 11.6 Å². The van der Waals surface area contributed by atoms with Crippen molar-refractivity contribution in [2.24, 2.45) is 0 Å². The molecule has 1 aromatic rings. The van der Waals surface area contributed by atoms with Crippen LogP contribution in [-0.2, 0) is 11.2 Å². The molecule has 15 heavy (non-hydrogen) atoms. The smallest absolute Gasteiger partial charge is 0.337 e. The number of methoxy groups -OCH3 is 1. The minimum Gasteiger partial charge on any atom is -0.465 e. The van der Waals surface area contributed by atoms with Crippen molar-refractivity contribution >= 4 is 23.3 Å². The van der Waals surface area contributed by atoms with Gasteiger partial charge in [0, 0.05) is 6.54 Å². The third-order valence-corrected chi connectivity index (χ3v) is 2.82. The van der Waals surface area contributed by atoms with Crippen molar-refractivity contribution in [3.05, 3.63) is 28.3 Å². The van der Waals surface area contributed by atoms with Gasteiger partial charge in [0.1, 0.15) is 0 Å². The Bertz CT molecular complexity index is 404. The first-order valence-electron chi connectivity index (χ1n) is 4.87. The lowest BCUT2D eigenvalue weighted by molar-refractivity contribution is 0.0600. The van der Waals surface area contributed by atoms with E-state index in [9.17, 15) is 4.79 Å². The highest BCUT2D eigenvalue weighted by Gasteiger charge is 2.16. The molecule has 80 valence electrons. The molecular weight excluding hydrogens is 214 g/mol. The first kappa shape index (κ1) is 10.3. The zero-order valence-electron chi connectivity index (χ0n) is 8.47. The number of carbonyl (C=O) groups excluding carboxylic acids is 1. The summed E-state index contributed by atoms with van der Waals surface area (Å²) >= 11 is 6.08. The van der Waals surface area contributed by atoms with Gasteiger partial charge in [-0.05, 0) is 30.5 Å². The number of hydrogen-bond donors (Lipinski definition) is 1. The normalized spacial score (nSPS) is 14.0. The largest absolute Gasteiger partial charge is 0.465 e. The fourth-order valence-corrected chi connectivity index (χ4v) is 2.09. The predicted molar refractivity (Wildman–Crippen MR) is 59.6 cm³/mol. The fourth-order valence-electron chi connectivity index (χ4n) is 1.79. The van der Waals surface area contributed by atoms with E-state index in [1.807, 2.05) is 6.07 Å². The quantitative estimate of drug-likeness (QED) is 0.747. The van der Waals surface area contributed by atoms with Gasteiger partial charge in [0.25, 0.3) is 0 Å². The van der Waals surface area contributed by atoms with Crippen LogP contribution < -0.4 is 5.32 Å². The number of hydrogen-bond acceptors (Lipinski definition) is 3. The Morgan fingerprint density at radius 2 is 2.33 bits per heavy atom. The average molecular weight is 226 g/mol. The summed E-state index contributed by atoms with van der Waals surface area (Å²) < 4.78 is 4.66. The maximum absolute atomic E-state index is 11.4. The first-order valence-corrected chi connectivity index (χ1v) is 5.25. The number of esters is 1. The molecule has 0 aromatic heterocycles. The standard InChI is InChI=1S/C11H12ClNO2/c1-15-11(14)8-5-7-3-2-4-13-10(7)9(12)6-8/h5-6,13H,2-4H2,1H3. The van der Waals surface area contributed by atoms with E-state index in [4.69, 9.17) is 11.6 Å². The summed E-state index contributed by atoms with van der Waals surface area (Å²) in [5, 5.41) is 3.82. The van der Waals surface area contributed by atoms with Crippen molar-refractivity contribution < 1.29 is 9.53 Å². The van der Waals surface area contributed by atoms with Crippen LogP contribution in [0, 0.1) is 0 Å². The highest BCUT2D eigenvalue weighted by molar-refractivity contribution is 6.33. The molecule has 1 aliphatic heterocycles. The van der Waals surface area contributed by atoms with Crippen LogP contribution in [0.5, 0.6) is 0 Å². The number of rotatable bonds is 1. The van der Waals surface area contributed by atoms with E-state index in [1.54, 1.807) is 6.07 Å². The second-order valence-electron chi connectivity index (χ2n) is 3.51. The molecule has 0 saturated carbocycles. The first-order chi connectivity index (χ1) is 7.22. The van der Waals surface area contributed by atoms with Crippen molar-refractivity contribution in [2.45, 2.75) is 12.8 Å². The SMILES string of the molecule is COC(=O)c1cc(Cl)c2c(c1)CCCN2. The van der Waals surface area contributed by atoms with Crippen LogP contribution >= 0.6 is 11.6 Å². The topological polar surface area (TPSA) is 38.3 Å². The Labute approximate surface area is 93.4 Å². The summed E-state index contributed by atoms with van der Waals surface area (Å²) in [4.78, 5) is 11.4. The molecule has 1 heterocycles. The van der Waals surface area contributed by atoms with Gasteiger partial charge in [-0.2, -0.15) is 0 Å². The van der Waals surface area contributed by atoms with Gasteiger partial charge in [0.05, 0.1) is 23.4 Å². The second kappa shape index (κ2) is 4.11. The Balaban J connectivity index is 2.45. The molecule has 0 unspecified atom stereocenters. The molecule has 0 aliphatic carbocycles. The summed E-state index contributed by atoms with van der Waals surface area (Å²) in [5.74, 6) is -0.342. The van der Waals surface area contributed by atoms with E-state index in [0.717, 1.165) is 30.6 Å². The van der Waals surface area contributed by atoms with Crippen LogP contribution in [0.4, 0.5) is 5.69 Å². The van der Waals surface area contributed by atoms with Gasteiger partial charge in [-0.15, -0.1) is 0 Å². The van der Waals surface area contributed by atoms with Crippen LogP contribution in [0.2, 0.25) is 5.02 Å². The summed E-state index contributed by atoms with van der Waals surface area (Å²) in [6.45, 7) is 0.935. The molecule has 0 atom stereocenters. The number of anilines is 1. The van der Waals surface area contributed by atoms with Crippen LogP contribution in [-0.4, -0.2) is 19.6 Å². The highest BCUT2D eigenvalue weighted by atomic mass is 35.5. The number of aryl methyl sites for hydroxylation is 1. The van der Waals surface area contributed by atoms with E-state index in [2.05, 4.69) is 10.1 Å². The van der Waals surface area contributed by atoms with Crippen molar-refractivity contribution in [1.29, 1.82) is 0 Å². The second-order valence-corrected chi connectivity index (χ2v) is 3.92. The lowest BCUT2D eigenvalue weighted by Crippen LogP contribution is -2.13. The number of ether oxygens (including phenoxy) is 1. The number of halogens is 1. The number of nitrogens with one attached hydrogen (secondary N) is 1. The maximum Gasteiger partial charge on any atom is 0.337 e. The van der Waals surface area contributed by atoms with Crippen molar-refractivity contribution in [3.8, 4) is 0 Å². The van der Waals surface area contributed by atoms with E-state index < -0.39 is 0 Å². The van der Waals surface area contributed by atoms with E-state index in [-0.39, 0.29) is 5.97 Å². The highest BCUT2D eigenvalue weighted by Crippen LogP contribution is 2.31. The Morgan fingerprint density at radius 1 is 1.53 bits per heavy atom. The third-order valence-electron chi connectivity index (χ3n) is 2.52. The molecule has 1 aromatic carbocycles. The molecule has 0 fully saturated rings. The van der Waals surface area contributed by atoms with Gasteiger partial charge in [0.2, 0.25) is 0 Å². The van der Waals surface area contributed by atoms with E-state index in [1.165, 1.54) is 7.11 Å². The summed E-state index contributed by atoms with van der Waals surface area (Å²) in [5.41, 5.74) is 2.56. The molecule has 3 nitrogen and oxygen atoms in total. The van der Waals surface area contributed by atoms with Gasteiger partial charge < -0.3 is 10.1 Å². The van der Waals surface area contributed by atoms with Gasteiger partial charge in [-0.3, -0.25) is 0 Å². The summed E-state index contributed by atoms with van der Waals surface area (Å²) in [6, 6.07) is 3.49. The third kappa shape index (κ3) is 1.92. The number of fused-ring (bicyclic) bond motifs is 1. The van der Waals surface area contributed by atoms with Crippen LogP contribution in [0.3, 0.4) is 0 Å². The van der Waals surface area contributed by atoms with Gasteiger partial charge in [0.15, 0.2) is 0 Å². The number of carbonyl (C=O) groups is 1. The maximum atomic E-state index is 11.4. The van der Waals surface area contributed by atoms with Crippen LogP contribution in [0.1, 0.15) is 22.3 Å². The van der Waals surface area contributed by atoms with Crippen molar-refractivity contribution in [2.75, 3.05) is 19.0 Å². The molecule has 4 heteroatoms. The number of benzene rings is 1. The van der Waals surface area contributed by atoms with Crippen molar-refractivity contribution in [1.82, 2.24) is 0 Å². The molecule has 0 radical (unpaired) electrons. The summed E-state index contributed by atoms with van der Waals surface area (Å²) in [6.07, 6.45) is 2.01. The predicted octanol–water partition coefficient (Wildman–Crippen LogP) is 2.48. The molecule has 0 amide bonds. The van der Waals surface area contributed by atoms with E-state index in [0.29, 0.717) is 10.6 Å². The fraction of sp³-hybridized carbons (Fsp3) is 0.364. The Morgan fingerprint density at radius 3 is 3.07 bits per heavy atom. The molecule has 2 rings (SSSR count). The molecule has 0 bridgehead atoms. The lowest BCUT2D eigenvalue weighted by atomic mass is 10.0. The average Bonchev–Trinajstić information content (AvgIpc) is 2.28. The Hall–Kier alpha value is -1.22. The van der Waals surface area contributed by atoms with Crippen LogP contribution in [0.25, 0.3) is 0 Å². The zero-order valence-corrected chi connectivity index (χ0v) is 9.23. The summed E-state index contributed by atoms with van der Waals surface area (Å²) in [7, 11) is 1.37. The molecule has 1 N–H and O–H groups in total. The lowest BCUT2D eigenvalue weighted by Gasteiger charge is -2.19. The monoisotopic (exact) mass is 225 g/mol. The minimum absolute atomic E-state index is 0.342. The molecular formula is C11H12ClNO2. The molecule has 1 aliphatic rings. The van der Waals surface area contributed by atoms with Crippen LogP contribution in [0.15, 0.2) is 12.1 Å². The van der Waals surface area contributed by atoms with Gasteiger partial charge >= 0.3 is 5.97 Å². The van der Waals surface area contributed by atoms with Crippen molar-refractivity contribution in [3.63, 3.8) is 0 Å². The Kier molecular flexibility index (Phi) is 2.82. The molecule has 0 spiro atoms. The zero-order chi connectivity index (χ0) is 10.8. The molecule has 0 saturated heterocycles.